The molecule has 1 amide bonds. The number of hydrogen-bond acceptors (Lipinski definition) is 5. The van der Waals surface area contributed by atoms with E-state index in [0.29, 0.717) is 5.56 Å². The lowest BCUT2D eigenvalue weighted by molar-refractivity contribution is -0.125. The number of rotatable bonds is 5. The summed E-state index contributed by atoms with van der Waals surface area (Å²) in [6.07, 6.45) is 0.717. The molecule has 144 valence electrons. The molecule has 6 nitrogen and oxygen atoms in total. The summed E-state index contributed by atoms with van der Waals surface area (Å²) in [5.74, 6) is -1.98. The Morgan fingerprint density at radius 1 is 0.929 bits per heavy atom. The lowest BCUT2D eigenvalue weighted by Crippen LogP contribution is -2.44. The van der Waals surface area contributed by atoms with E-state index in [9.17, 15) is 19.2 Å². The predicted molar refractivity (Wildman–Crippen MR) is 103 cm³/mol. The molecule has 28 heavy (non-hydrogen) atoms. The van der Waals surface area contributed by atoms with E-state index < -0.39 is 29.8 Å². The van der Waals surface area contributed by atoms with Gasteiger partial charge in [0.2, 0.25) is 0 Å². The largest absolute Gasteiger partial charge is 0.452 e. The number of benzene rings is 2. The molecule has 0 heterocycles. The SMILES string of the molecule is CCC(C)(C)NC(=O)COC(=O)c1cccc2c1C(=O)c1ccccc1C2=O. The van der Waals surface area contributed by atoms with E-state index in [4.69, 9.17) is 4.74 Å². The summed E-state index contributed by atoms with van der Waals surface area (Å²) < 4.78 is 5.10. The second-order valence-corrected chi connectivity index (χ2v) is 7.29. The van der Waals surface area contributed by atoms with E-state index in [-0.39, 0.29) is 28.0 Å². The number of nitrogens with one attached hydrogen (secondary N) is 1. The van der Waals surface area contributed by atoms with Crippen molar-refractivity contribution in [2.45, 2.75) is 32.7 Å². The number of carbonyl (C=O) groups is 4. The van der Waals surface area contributed by atoms with Gasteiger partial charge in [-0.25, -0.2) is 4.79 Å². The summed E-state index contributed by atoms with van der Waals surface area (Å²) in [6, 6.07) is 10.9. The van der Waals surface area contributed by atoms with Crippen molar-refractivity contribution >= 4 is 23.4 Å². The van der Waals surface area contributed by atoms with Gasteiger partial charge in [-0.3, -0.25) is 14.4 Å². The average Bonchev–Trinajstić information content (AvgIpc) is 2.69. The third kappa shape index (κ3) is 3.58. The molecule has 6 heteroatoms. The number of esters is 1. The number of carbonyl (C=O) groups excluding carboxylic acids is 4. The fourth-order valence-corrected chi connectivity index (χ4v) is 3.03. The molecule has 0 saturated heterocycles. The highest BCUT2D eigenvalue weighted by Gasteiger charge is 2.33. The maximum atomic E-state index is 12.9. The van der Waals surface area contributed by atoms with Crippen LogP contribution in [0.5, 0.6) is 0 Å². The maximum Gasteiger partial charge on any atom is 0.339 e. The number of amides is 1. The molecule has 0 spiro atoms. The fraction of sp³-hybridized carbons (Fsp3) is 0.273. The van der Waals surface area contributed by atoms with E-state index in [1.807, 2.05) is 20.8 Å². The quantitative estimate of drug-likeness (QED) is 0.689. The van der Waals surface area contributed by atoms with Crippen LogP contribution < -0.4 is 5.32 Å². The summed E-state index contributed by atoms with van der Waals surface area (Å²) in [7, 11) is 0. The normalized spacial score (nSPS) is 12.8. The molecule has 3 rings (SSSR count). The van der Waals surface area contributed by atoms with Gasteiger partial charge in [0.15, 0.2) is 18.2 Å². The topological polar surface area (TPSA) is 89.5 Å². The van der Waals surface area contributed by atoms with Gasteiger partial charge < -0.3 is 10.1 Å². The van der Waals surface area contributed by atoms with Crippen molar-refractivity contribution in [3.8, 4) is 0 Å². The monoisotopic (exact) mass is 379 g/mol. The molecule has 0 unspecified atom stereocenters. The van der Waals surface area contributed by atoms with Gasteiger partial charge in [0.1, 0.15) is 0 Å². The molecule has 1 aliphatic rings. The zero-order valence-electron chi connectivity index (χ0n) is 16.0. The van der Waals surface area contributed by atoms with Crippen molar-refractivity contribution in [3.63, 3.8) is 0 Å². The van der Waals surface area contributed by atoms with Gasteiger partial charge in [-0.05, 0) is 26.3 Å². The number of hydrogen-bond donors (Lipinski definition) is 1. The van der Waals surface area contributed by atoms with Crippen LogP contribution in [-0.4, -0.2) is 35.6 Å². The third-order valence-electron chi connectivity index (χ3n) is 4.87. The first-order chi connectivity index (χ1) is 13.2. The van der Waals surface area contributed by atoms with Crippen LogP contribution in [0.3, 0.4) is 0 Å². The lowest BCUT2D eigenvalue weighted by Gasteiger charge is -2.24. The van der Waals surface area contributed by atoms with Gasteiger partial charge in [-0.2, -0.15) is 0 Å². The summed E-state index contributed by atoms with van der Waals surface area (Å²) >= 11 is 0. The molecule has 2 aromatic rings. The summed E-state index contributed by atoms with van der Waals surface area (Å²) in [4.78, 5) is 50.2. The molecule has 2 aromatic carbocycles. The molecule has 0 bridgehead atoms. The predicted octanol–water partition coefficient (Wildman–Crippen LogP) is 2.92. The highest BCUT2D eigenvalue weighted by Crippen LogP contribution is 2.29. The number of ketones is 2. The Kier molecular flexibility index (Phi) is 5.14. The zero-order valence-corrected chi connectivity index (χ0v) is 16.0. The Bertz CT molecular complexity index is 990. The average molecular weight is 379 g/mol. The molecule has 0 aromatic heterocycles. The van der Waals surface area contributed by atoms with Gasteiger partial charge in [0.05, 0.1) is 5.56 Å². The Balaban J connectivity index is 1.85. The van der Waals surface area contributed by atoms with Crippen LogP contribution in [0, 0.1) is 0 Å². The van der Waals surface area contributed by atoms with Crippen molar-refractivity contribution in [2.75, 3.05) is 6.61 Å². The minimum atomic E-state index is -0.818. The van der Waals surface area contributed by atoms with Crippen molar-refractivity contribution in [1.29, 1.82) is 0 Å². The van der Waals surface area contributed by atoms with E-state index >= 15 is 0 Å². The Hall–Kier alpha value is -3.28. The minimum absolute atomic E-state index is 0.0190. The van der Waals surface area contributed by atoms with Crippen molar-refractivity contribution < 1.29 is 23.9 Å². The highest BCUT2D eigenvalue weighted by molar-refractivity contribution is 6.30. The molecule has 0 atom stereocenters. The van der Waals surface area contributed by atoms with Crippen molar-refractivity contribution in [2.24, 2.45) is 0 Å². The first-order valence-electron chi connectivity index (χ1n) is 9.04. The first kappa shape index (κ1) is 19.5. The van der Waals surface area contributed by atoms with E-state index in [1.165, 1.54) is 18.2 Å². The summed E-state index contributed by atoms with van der Waals surface area (Å²) in [5.41, 5.74) is 0.309. The summed E-state index contributed by atoms with van der Waals surface area (Å²) in [6.45, 7) is 5.19. The zero-order chi connectivity index (χ0) is 20.5. The summed E-state index contributed by atoms with van der Waals surface area (Å²) in [5, 5.41) is 2.77. The fourth-order valence-electron chi connectivity index (χ4n) is 3.03. The standard InChI is InChI=1S/C22H21NO5/c1-4-22(2,3)23-17(24)12-28-21(27)16-11-7-10-15-18(16)20(26)14-9-6-5-8-13(14)19(15)25/h5-11H,4,12H2,1-3H3,(H,23,24). The molecular weight excluding hydrogens is 358 g/mol. The lowest BCUT2D eigenvalue weighted by atomic mass is 9.82. The second-order valence-electron chi connectivity index (χ2n) is 7.29. The van der Waals surface area contributed by atoms with Crippen LogP contribution in [0.1, 0.15) is 69.4 Å². The van der Waals surface area contributed by atoms with E-state index in [2.05, 4.69) is 5.32 Å². The first-order valence-corrected chi connectivity index (χ1v) is 9.04. The highest BCUT2D eigenvalue weighted by atomic mass is 16.5. The van der Waals surface area contributed by atoms with Crippen LogP contribution >= 0.6 is 0 Å². The van der Waals surface area contributed by atoms with Crippen LogP contribution in [0.2, 0.25) is 0 Å². The molecule has 0 radical (unpaired) electrons. The van der Waals surface area contributed by atoms with Crippen molar-refractivity contribution in [1.82, 2.24) is 5.32 Å². The van der Waals surface area contributed by atoms with Crippen LogP contribution in [0.25, 0.3) is 0 Å². The van der Waals surface area contributed by atoms with Crippen molar-refractivity contribution in [3.05, 3.63) is 70.3 Å². The smallest absolute Gasteiger partial charge is 0.339 e. The van der Waals surface area contributed by atoms with Crippen LogP contribution in [0.4, 0.5) is 0 Å². The second kappa shape index (κ2) is 7.38. The minimum Gasteiger partial charge on any atom is -0.452 e. The Morgan fingerprint density at radius 3 is 2.18 bits per heavy atom. The Morgan fingerprint density at radius 2 is 1.54 bits per heavy atom. The van der Waals surface area contributed by atoms with E-state index in [1.54, 1.807) is 24.3 Å². The van der Waals surface area contributed by atoms with Gasteiger partial charge in [0.25, 0.3) is 5.91 Å². The van der Waals surface area contributed by atoms with Crippen LogP contribution in [0.15, 0.2) is 42.5 Å². The molecule has 0 fully saturated rings. The van der Waals surface area contributed by atoms with E-state index in [0.717, 1.165) is 6.42 Å². The molecule has 0 saturated carbocycles. The van der Waals surface area contributed by atoms with Crippen LogP contribution in [-0.2, 0) is 9.53 Å². The number of fused-ring (bicyclic) bond motifs is 2. The third-order valence-corrected chi connectivity index (χ3v) is 4.87. The maximum absolute atomic E-state index is 12.9. The molecular formula is C22H21NO5. The molecule has 0 aliphatic heterocycles. The Labute approximate surface area is 162 Å². The van der Waals surface area contributed by atoms with Gasteiger partial charge in [-0.1, -0.05) is 43.3 Å². The van der Waals surface area contributed by atoms with Gasteiger partial charge in [-0.15, -0.1) is 0 Å². The van der Waals surface area contributed by atoms with Gasteiger partial charge in [0, 0.05) is 27.8 Å². The number of ether oxygens (including phenoxy) is 1. The molecule has 1 aliphatic carbocycles. The molecule has 1 N–H and O–H groups in total. The van der Waals surface area contributed by atoms with Gasteiger partial charge >= 0.3 is 5.97 Å².